The minimum atomic E-state index is -0.879. The number of thioether (sulfide) groups is 1. The molecule has 114 valence electrons. The van der Waals surface area contributed by atoms with Crippen molar-refractivity contribution in [3.05, 3.63) is 70.2 Å². The molecule has 0 saturated heterocycles. The van der Waals surface area contributed by atoms with Crippen LogP contribution in [0.4, 0.5) is 8.78 Å². The number of benzene rings is 2. The number of halogens is 3. The summed E-state index contributed by atoms with van der Waals surface area (Å²) < 4.78 is 26.6. The van der Waals surface area contributed by atoms with Crippen LogP contribution >= 0.6 is 23.4 Å². The van der Waals surface area contributed by atoms with Crippen molar-refractivity contribution in [2.24, 2.45) is 15.9 Å². The van der Waals surface area contributed by atoms with Crippen LogP contribution < -0.4 is 5.73 Å². The van der Waals surface area contributed by atoms with Crippen LogP contribution in [0.25, 0.3) is 0 Å². The summed E-state index contributed by atoms with van der Waals surface area (Å²) in [6, 6.07) is 12.0. The number of rotatable bonds is 4. The Morgan fingerprint density at radius 1 is 1.18 bits per heavy atom. The lowest BCUT2D eigenvalue weighted by molar-refractivity contribution is 0.583. The highest BCUT2D eigenvalue weighted by Crippen LogP contribution is 2.20. The van der Waals surface area contributed by atoms with E-state index in [2.05, 4.69) is 10.2 Å². The fraction of sp³-hybridized carbons (Fsp3) is 0.0667. The van der Waals surface area contributed by atoms with Gasteiger partial charge in [0.15, 0.2) is 11.0 Å². The average Bonchev–Trinajstić information content (AvgIpc) is 2.54. The van der Waals surface area contributed by atoms with Gasteiger partial charge in [0.05, 0.1) is 6.21 Å². The SMILES string of the molecule is NC(=NN=Cc1ccc(F)c(Cl)c1F)SCc1ccccc1. The molecular weight excluding hydrogens is 328 g/mol. The Bertz CT molecular complexity index is 705. The molecule has 2 N–H and O–H groups in total. The van der Waals surface area contributed by atoms with Crippen LogP contribution in [0, 0.1) is 11.6 Å². The predicted octanol–water partition coefficient (Wildman–Crippen LogP) is 4.20. The van der Waals surface area contributed by atoms with Gasteiger partial charge in [0.25, 0.3) is 0 Å². The Morgan fingerprint density at radius 2 is 1.91 bits per heavy atom. The second kappa shape index (κ2) is 7.91. The van der Waals surface area contributed by atoms with Gasteiger partial charge in [-0.2, -0.15) is 5.10 Å². The lowest BCUT2D eigenvalue weighted by atomic mass is 10.2. The van der Waals surface area contributed by atoms with Gasteiger partial charge in [0.1, 0.15) is 10.8 Å². The predicted molar refractivity (Wildman–Crippen MR) is 88.3 cm³/mol. The molecule has 7 heteroatoms. The van der Waals surface area contributed by atoms with Gasteiger partial charge in [-0.1, -0.05) is 53.7 Å². The van der Waals surface area contributed by atoms with Crippen LogP contribution in [0.5, 0.6) is 0 Å². The maximum atomic E-state index is 13.6. The Hall–Kier alpha value is -1.92. The fourth-order valence-electron chi connectivity index (χ4n) is 1.55. The van der Waals surface area contributed by atoms with Crippen molar-refractivity contribution in [2.45, 2.75) is 5.75 Å². The Balaban J connectivity index is 1.97. The largest absolute Gasteiger partial charge is 0.377 e. The number of nitrogens with two attached hydrogens (primary N) is 1. The first kappa shape index (κ1) is 16.5. The maximum absolute atomic E-state index is 13.6. The van der Waals surface area contributed by atoms with Crippen molar-refractivity contribution < 1.29 is 8.78 Å². The molecule has 2 rings (SSSR count). The lowest BCUT2D eigenvalue weighted by Crippen LogP contribution is -2.06. The van der Waals surface area contributed by atoms with Crippen molar-refractivity contribution in [3.63, 3.8) is 0 Å². The zero-order valence-electron chi connectivity index (χ0n) is 11.3. The van der Waals surface area contributed by atoms with Gasteiger partial charge >= 0.3 is 0 Å². The zero-order valence-corrected chi connectivity index (χ0v) is 12.9. The highest BCUT2D eigenvalue weighted by atomic mass is 35.5. The summed E-state index contributed by atoms with van der Waals surface area (Å²) in [5.41, 5.74) is 6.84. The van der Waals surface area contributed by atoms with Crippen molar-refractivity contribution >= 4 is 34.7 Å². The van der Waals surface area contributed by atoms with Gasteiger partial charge < -0.3 is 5.73 Å². The van der Waals surface area contributed by atoms with Crippen molar-refractivity contribution in [2.75, 3.05) is 0 Å². The molecular formula is C15H12ClF2N3S. The first-order valence-electron chi connectivity index (χ1n) is 6.24. The summed E-state index contributed by atoms with van der Waals surface area (Å²) in [5, 5.41) is 7.11. The molecule has 3 nitrogen and oxygen atoms in total. The van der Waals surface area contributed by atoms with E-state index in [1.165, 1.54) is 17.8 Å². The fourth-order valence-corrected chi connectivity index (χ4v) is 2.33. The number of hydrogen-bond acceptors (Lipinski definition) is 3. The summed E-state index contributed by atoms with van der Waals surface area (Å²) in [6.45, 7) is 0. The van der Waals surface area contributed by atoms with E-state index in [4.69, 9.17) is 17.3 Å². The summed E-state index contributed by atoms with van der Waals surface area (Å²) >= 11 is 6.77. The maximum Gasteiger partial charge on any atom is 0.180 e. The van der Waals surface area contributed by atoms with Gasteiger partial charge in [-0.3, -0.25) is 0 Å². The Morgan fingerprint density at radius 3 is 2.64 bits per heavy atom. The van der Waals surface area contributed by atoms with E-state index in [0.29, 0.717) is 5.75 Å². The average molecular weight is 340 g/mol. The molecule has 0 atom stereocenters. The zero-order chi connectivity index (χ0) is 15.9. The molecule has 0 aliphatic carbocycles. The summed E-state index contributed by atoms with van der Waals surface area (Å²) in [5.74, 6) is -1.04. The highest BCUT2D eigenvalue weighted by molar-refractivity contribution is 8.13. The topological polar surface area (TPSA) is 50.7 Å². The molecule has 2 aromatic rings. The first-order chi connectivity index (χ1) is 10.6. The lowest BCUT2D eigenvalue weighted by Gasteiger charge is -2.00. The quantitative estimate of drug-likeness (QED) is 0.393. The summed E-state index contributed by atoms with van der Waals surface area (Å²) in [4.78, 5) is 0. The molecule has 0 fully saturated rings. The van der Waals surface area contributed by atoms with Crippen molar-refractivity contribution in [1.29, 1.82) is 0 Å². The normalized spacial score (nSPS) is 12.0. The van der Waals surface area contributed by atoms with Gasteiger partial charge in [0, 0.05) is 11.3 Å². The van der Waals surface area contributed by atoms with Crippen LogP contribution in [0.2, 0.25) is 5.02 Å². The first-order valence-corrected chi connectivity index (χ1v) is 7.61. The van der Waals surface area contributed by atoms with Gasteiger partial charge in [0.2, 0.25) is 0 Å². The number of hydrogen-bond donors (Lipinski definition) is 1. The van der Waals surface area contributed by atoms with Crippen LogP contribution in [0.1, 0.15) is 11.1 Å². The monoisotopic (exact) mass is 339 g/mol. The molecule has 0 saturated carbocycles. The van der Waals surface area contributed by atoms with Crippen molar-refractivity contribution in [3.8, 4) is 0 Å². The molecule has 2 aromatic carbocycles. The molecule has 0 aliphatic rings. The van der Waals surface area contributed by atoms with Crippen molar-refractivity contribution in [1.82, 2.24) is 0 Å². The van der Waals surface area contributed by atoms with E-state index in [1.807, 2.05) is 30.3 Å². The molecule has 0 radical (unpaired) electrons. The Kier molecular flexibility index (Phi) is 5.91. The molecule has 0 amide bonds. The molecule has 0 aromatic heterocycles. The standard InChI is InChI=1S/C15H12ClF2N3S/c16-13-12(17)7-6-11(14(13)18)8-20-21-15(19)22-9-10-4-2-1-3-5-10/h1-8H,9H2,(H2,19,21). The summed E-state index contributed by atoms with van der Waals surface area (Å²) in [6.07, 6.45) is 1.14. The van der Waals surface area contributed by atoms with E-state index in [-0.39, 0.29) is 10.7 Å². The molecule has 0 heterocycles. The van der Waals surface area contributed by atoms with E-state index in [9.17, 15) is 8.78 Å². The molecule has 0 spiro atoms. The number of nitrogens with zero attached hydrogens (tertiary/aromatic N) is 2. The van der Waals surface area contributed by atoms with Crippen LogP contribution in [0.15, 0.2) is 52.7 Å². The Labute approximate surface area is 135 Å². The van der Waals surface area contributed by atoms with Crippen LogP contribution in [0.3, 0.4) is 0 Å². The second-order valence-electron chi connectivity index (χ2n) is 4.22. The third-order valence-electron chi connectivity index (χ3n) is 2.65. The minimum Gasteiger partial charge on any atom is -0.377 e. The van der Waals surface area contributed by atoms with Gasteiger partial charge in [-0.05, 0) is 17.7 Å². The van der Waals surface area contributed by atoms with Gasteiger partial charge in [-0.15, -0.1) is 5.10 Å². The minimum absolute atomic E-state index is 0.0380. The molecule has 22 heavy (non-hydrogen) atoms. The van der Waals surface area contributed by atoms with Crippen LogP contribution in [-0.2, 0) is 5.75 Å². The third kappa shape index (κ3) is 4.54. The molecule has 0 aliphatic heterocycles. The summed E-state index contributed by atoms with van der Waals surface area (Å²) in [7, 11) is 0. The van der Waals surface area contributed by atoms with E-state index < -0.39 is 16.7 Å². The molecule has 0 bridgehead atoms. The smallest absolute Gasteiger partial charge is 0.180 e. The molecule has 0 unspecified atom stereocenters. The second-order valence-corrected chi connectivity index (χ2v) is 5.60. The highest BCUT2D eigenvalue weighted by Gasteiger charge is 2.09. The number of amidine groups is 1. The third-order valence-corrected chi connectivity index (χ3v) is 3.85. The van der Waals surface area contributed by atoms with E-state index in [1.54, 1.807) is 0 Å². The van der Waals surface area contributed by atoms with Crippen LogP contribution in [-0.4, -0.2) is 11.4 Å². The van der Waals surface area contributed by atoms with Gasteiger partial charge in [-0.25, -0.2) is 8.78 Å². The van der Waals surface area contributed by atoms with E-state index >= 15 is 0 Å². The van der Waals surface area contributed by atoms with E-state index in [0.717, 1.165) is 17.8 Å².